The Morgan fingerprint density at radius 3 is 1.79 bits per heavy atom. The average molecular weight is 468 g/mol. The molecule has 0 spiro atoms. The fourth-order valence-corrected chi connectivity index (χ4v) is 2.99. The summed E-state index contributed by atoms with van der Waals surface area (Å²) in [5.74, 6) is 0. The molecule has 0 saturated carbocycles. The fourth-order valence-electron chi connectivity index (χ4n) is 2.43. The topological polar surface area (TPSA) is 253 Å². The molecular weight excluding hydrogens is 445 g/mol. The van der Waals surface area contributed by atoms with E-state index in [-0.39, 0.29) is 59.1 Å². The molecule has 9 atom stereocenters. The molecule has 17 heteroatoms. The van der Waals surface area contributed by atoms with Gasteiger partial charge in [-0.05, 0) is 0 Å². The van der Waals surface area contributed by atoms with Crippen LogP contribution in [-0.2, 0) is 18.6 Å². The zero-order valence-electron chi connectivity index (χ0n) is 15.8. The van der Waals surface area contributed by atoms with Crippen molar-refractivity contribution in [1.29, 1.82) is 0 Å². The van der Waals surface area contributed by atoms with Gasteiger partial charge in [-0.1, -0.05) is 0 Å². The van der Waals surface area contributed by atoms with Gasteiger partial charge >= 0.3 is 59.1 Å². The summed E-state index contributed by atoms with van der Waals surface area (Å²) in [6.07, 6.45) is -17.3. The van der Waals surface area contributed by atoms with Crippen LogP contribution in [0.25, 0.3) is 0 Å². The van der Waals surface area contributed by atoms with Crippen LogP contribution in [0.1, 0.15) is 0 Å². The predicted octanol–water partition coefficient (Wildman–Crippen LogP) is -12.9. The molecule has 0 radical (unpaired) electrons. The minimum Gasteiger partial charge on any atom is -0.790 e. The molecule has 0 amide bonds. The monoisotopic (exact) mass is 468 g/mol. The number of aliphatic hydroxyl groups is 8. The Bertz CT molecular complexity index is 495. The summed E-state index contributed by atoms with van der Waals surface area (Å²) < 4.78 is 25.1. The first kappa shape index (κ1) is 32.9. The van der Waals surface area contributed by atoms with Crippen molar-refractivity contribution in [3.05, 3.63) is 0 Å². The Morgan fingerprint density at radius 2 is 1.38 bits per heavy atom. The van der Waals surface area contributed by atoms with Crippen LogP contribution >= 0.6 is 7.82 Å². The number of hydrogen-bond acceptors (Lipinski definition) is 14. The van der Waals surface area contributed by atoms with Crippen molar-refractivity contribution >= 4 is 7.82 Å². The summed E-state index contributed by atoms with van der Waals surface area (Å²) in [5.41, 5.74) is 0. The summed E-state index contributed by atoms with van der Waals surface area (Å²) in [5, 5.41) is 76.1. The molecule has 0 aliphatic carbocycles. The number of phosphoric acid groups is 1. The zero-order chi connectivity index (χ0) is 20.9. The van der Waals surface area contributed by atoms with Gasteiger partial charge in [-0.3, -0.25) is 0 Å². The van der Waals surface area contributed by atoms with Crippen LogP contribution in [0.4, 0.5) is 0 Å². The second kappa shape index (κ2) is 14.8. The molecule has 1 aliphatic rings. The van der Waals surface area contributed by atoms with Crippen LogP contribution in [0.3, 0.4) is 0 Å². The van der Waals surface area contributed by atoms with E-state index in [2.05, 4.69) is 4.52 Å². The molecule has 1 rings (SSSR count). The molecule has 1 fully saturated rings. The molecule has 1 saturated heterocycles. The van der Waals surface area contributed by atoms with Gasteiger partial charge in [0.1, 0.15) is 48.8 Å². The van der Waals surface area contributed by atoms with Gasteiger partial charge in [0.25, 0.3) is 0 Å². The zero-order valence-corrected chi connectivity index (χ0v) is 20.7. The summed E-state index contributed by atoms with van der Waals surface area (Å²) in [6, 6.07) is 0. The first-order chi connectivity index (χ1) is 12.5. The third-order valence-electron chi connectivity index (χ3n) is 3.85. The van der Waals surface area contributed by atoms with Crippen molar-refractivity contribution < 1.29 is 128 Å². The normalized spacial score (nSPS) is 31.7. The minimum atomic E-state index is -5.78. The molecule has 0 unspecified atom stereocenters. The molecule has 0 aromatic heterocycles. The quantitative estimate of drug-likeness (QED) is 0.109. The van der Waals surface area contributed by atoms with Gasteiger partial charge in [-0.25, -0.2) is 0 Å². The second-order valence-electron chi connectivity index (χ2n) is 5.82. The van der Waals surface area contributed by atoms with E-state index in [1.165, 1.54) is 0 Å². The van der Waals surface area contributed by atoms with Crippen LogP contribution in [0.5, 0.6) is 0 Å². The maximum absolute atomic E-state index is 10.9. The second-order valence-corrected chi connectivity index (χ2v) is 6.92. The summed E-state index contributed by atoms with van der Waals surface area (Å²) in [7, 11) is -5.78. The number of rotatable bonds is 10. The molecule has 1 aliphatic heterocycles. The van der Waals surface area contributed by atoms with Crippen LogP contribution in [-0.4, -0.2) is 116 Å². The smallest absolute Gasteiger partial charge is 0.790 e. The number of hydrogen-bond donors (Lipinski definition) is 8. The van der Waals surface area contributed by atoms with E-state index in [0.29, 0.717) is 0 Å². The Labute approximate surface area is 209 Å². The van der Waals surface area contributed by atoms with E-state index in [0.717, 1.165) is 0 Å². The predicted molar refractivity (Wildman–Crippen MR) is 77.3 cm³/mol. The molecule has 8 N–H and O–H groups in total. The number of aliphatic hydroxyl groups excluding tert-OH is 8. The van der Waals surface area contributed by atoms with Gasteiger partial charge < -0.3 is 69.2 Å². The number of phosphoric ester groups is 1. The van der Waals surface area contributed by atoms with Crippen molar-refractivity contribution in [3.8, 4) is 0 Å². The maximum Gasteiger partial charge on any atom is 1.00 e. The Kier molecular flexibility index (Phi) is 16.8. The van der Waals surface area contributed by atoms with E-state index < -0.39 is 82.8 Å². The van der Waals surface area contributed by atoms with Gasteiger partial charge in [0.2, 0.25) is 0 Å². The third-order valence-corrected chi connectivity index (χ3v) is 4.35. The summed E-state index contributed by atoms with van der Waals surface area (Å²) in [4.78, 5) is 21.8. The molecule has 1 heterocycles. The van der Waals surface area contributed by atoms with E-state index in [4.69, 9.17) is 24.8 Å². The van der Waals surface area contributed by atoms with E-state index in [1.807, 2.05) is 0 Å². The van der Waals surface area contributed by atoms with Gasteiger partial charge in [0.05, 0.1) is 27.6 Å². The molecule has 0 bridgehead atoms. The molecule has 14 nitrogen and oxygen atoms in total. The van der Waals surface area contributed by atoms with Crippen molar-refractivity contribution in [2.24, 2.45) is 0 Å². The van der Waals surface area contributed by atoms with Crippen LogP contribution < -0.4 is 68.9 Å². The molecular formula is C12H23Na2O14P. The van der Waals surface area contributed by atoms with Gasteiger partial charge in [0, 0.05) is 0 Å². The van der Waals surface area contributed by atoms with E-state index in [9.17, 15) is 39.9 Å². The number of ether oxygens (including phenoxy) is 2. The summed E-state index contributed by atoms with van der Waals surface area (Å²) >= 11 is 0. The Balaban J connectivity index is 0. The van der Waals surface area contributed by atoms with Crippen LogP contribution in [0.15, 0.2) is 0 Å². The van der Waals surface area contributed by atoms with Crippen molar-refractivity contribution in [2.75, 3.05) is 19.8 Å². The molecule has 29 heavy (non-hydrogen) atoms. The van der Waals surface area contributed by atoms with Gasteiger partial charge in [-0.2, -0.15) is 0 Å². The van der Waals surface area contributed by atoms with Crippen LogP contribution in [0, 0.1) is 0 Å². The fraction of sp³-hybridized carbons (Fsp3) is 1.00. The standard InChI is InChI=1S/C12H25O14P.2Na/c13-1-4(16)10(11(5(17)2-14)26-27(21,22)23)25-12-9(20)8(19)7(18)6(3-15)24-12;;/h4-20H,1-3H2,(H2,21,22,23);;/q;2*+1/p-2/t4-,5+,6-,7-,8+,9-,10-,11-,12-;;/m1../s1. The Hall–Kier alpha value is 1.71. The SMILES string of the molecule is O=P([O-])([O-])O[C@@H]([C@H](O[C@H]1O[C@H](CO)[C@@H](O)[C@H](O)[C@H]1O)[C@H](O)CO)[C@@H](O)CO.[Na+].[Na+]. The molecule has 162 valence electrons. The van der Waals surface area contributed by atoms with Gasteiger partial charge in [-0.15, -0.1) is 0 Å². The largest absolute Gasteiger partial charge is 1.00 e. The van der Waals surface area contributed by atoms with Crippen LogP contribution in [0.2, 0.25) is 0 Å². The van der Waals surface area contributed by atoms with Crippen molar-refractivity contribution in [3.63, 3.8) is 0 Å². The first-order valence-electron chi connectivity index (χ1n) is 7.71. The van der Waals surface area contributed by atoms with Crippen molar-refractivity contribution in [1.82, 2.24) is 0 Å². The van der Waals surface area contributed by atoms with Gasteiger partial charge in [0.15, 0.2) is 6.29 Å². The van der Waals surface area contributed by atoms with E-state index >= 15 is 0 Å². The first-order valence-corrected chi connectivity index (χ1v) is 9.17. The van der Waals surface area contributed by atoms with E-state index in [1.54, 1.807) is 0 Å². The summed E-state index contributed by atoms with van der Waals surface area (Å²) in [6.45, 7) is -3.06. The molecule has 0 aromatic carbocycles. The maximum atomic E-state index is 10.9. The molecule has 0 aromatic rings. The minimum absolute atomic E-state index is 0. The Morgan fingerprint density at radius 1 is 0.897 bits per heavy atom. The van der Waals surface area contributed by atoms with Crippen molar-refractivity contribution in [2.45, 2.75) is 55.1 Å². The third kappa shape index (κ3) is 9.61. The average Bonchev–Trinajstić information content (AvgIpc) is 2.62.